The summed E-state index contributed by atoms with van der Waals surface area (Å²) in [5.74, 6) is -0.511. The van der Waals surface area contributed by atoms with Gasteiger partial charge >= 0.3 is 6.03 Å². The predicted octanol–water partition coefficient (Wildman–Crippen LogP) is 3.33. The van der Waals surface area contributed by atoms with Gasteiger partial charge in [-0.15, -0.1) is 0 Å². The van der Waals surface area contributed by atoms with Crippen LogP contribution in [0.3, 0.4) is 0 Å². The van der Waals surface area contributed by atoms with Crippen molar-refractivity contribution in [1.29, 1.82) is 0 Å². The number of benzene rings is 2. The van der Waals surface area contributed by atoms with Crippen LogP contribution in [0, 0.1) is 5.92 Å². The molecule has 1 spiro atoms. The number of nitrogens with one attached hydrogen (secondary N) is 2. The number of urea groups is 1. The van der Waals surface area contributed by atoms with Crippen molar-refractivity contribution < 1.29 is 19.2 Å². The maximum absolute atomic E-state index is 13.6. The molecule has 8 heteroatoms. The molecular formula is C28H30N4O4. The highest BCUT2D eigenvalue weighted by Crippen LogP contribution is 2.42. The Morgan fingerprint density at radius 2 is 1.97 bits per heavy atom. The first kappa shape index (κ1) is 23.8. The summed E-state index contributed by atoms with van der Waals surface area (Å²) in [4.78, 5) is 54.6. The van der Waals surface area contributed by atoms with Crippen LogP contribution >= 0.6 is 0 Å². The van der Waals surface area contributed by atoms with Gasteiger partial charge in [0.15, 0.2) is 0 Å². The highest BCUT2D eigenvalue weighted by molar-refractivity contribution is 6.10. The van der Waals surface area contributed by atoms with Gasteiger partial charge in [0, 0.05) is 18.3 Å². The Hall–Kier alpha value is -3.94. The highest BCUT2D eigenvalue weighted by atomic mass is 16.2. The van der Waals surface area contributed by atoms with E-state index in [1.54, 1.807) is 17.0 Å². The lowest BCUT2D eigenvalue weighted by atomic mass is 9.91. The lowest BCUT2D eigenvalue weighted by molar-refractivity contribution is -0.141. The fourth-order valence-corrected chi connectivity index (χ4v) is 5.37. The summed E-state index contributed by atoms with van der Waals surface area (Å²) in [6, 6.07) is 14.5. The summed E-state index contributed by atoms with van der Waals surface area (Å²) in [6.07, 6.45) is 4.33. The third kappa shape index (κ3) is 4.27. The number of nitrogens with zero attached hydrogens (tertiary/aromatic N) is 2. The molecule has 0 radical (unpaired) electrons. The van der Waals surface area contributed by atoms with E-state index >= 15 is 0 Å². The standard InChI is InChI=1S/C28H30N4O4/c1-3-24(33)29-22-11-12-23-21(15-22)13-14-28(23)26(35)32(27(36)30-28)17-25(34)31(18(2)20-9-10-20)16-19-7-5-4-6-8-19/h3-8,11-12,15,18,20H,1,9-10,13-14,16-17H2,2H3,(H,29,33)(H,30,36)/t18-,28?/m0/s1. The fourth-order valence-electron chi connectivity index (χ4n) is 5.37. The smallest absolute Gasteiger partial charge is 0.325 e. The van der Waals surface area contributed by atoms with Gasteiger partial charge in [-0.05, 0) is 73.4 Å². The van der Waals surface area contributed by atoms with Crippen molar-refractivity contribution in [3.05, 3.63) is 77.9 Å². The lowest BCUT2D eigenvalue weighted by Gasteiger charge is -2.31. The van der Waals surface area contributed by atoms with Gasteiger partial charge in [0.05, 0.1) is 0 Å². The molecule has 1 aliphatic heterocycles. The number of hydrogen-bond donors (Lipinski definition) is 2. The molecule has 5 rings (SSSR count). The first-order valence-electron chi connectivity index (χ1n) is 12.4. The van der Waals surface area contributed by atoms with Crippen molar-refractivity contribution >= 4 is 29.4 Å². The summed E-state index contributed by atoms with van der Waals surface area (Å²) in [7, 11) is 0. The van der Waals surface area contributed by atoms with E-state index in [4.69, 9.17) is 0 Å². The van der Waals surface area contributed by atoms with Gasteiger partial charge in [0.2, 0.25) is 11.8 Å². The monoisotopic (exact) mass is 486 g/mol. The Morgan fingerprint density at radius 1 is 1.22 bits per heavy atom. The zero-order valence-corrected chi connectivity index (χ0v) is 20.3. The van der Waals surface area contributed by atoms with Crippen molar-refractivity contribution in [3.8, 4) is 0 Å². The molecule has 5 amide bonds. The fraction of sp³-hybridized carbons (Fsp3) is 0.357. The molecule has 2 atom stereocenters. The molecule has 2 aromatic carbocycles. The van der Waals surface area contributed by atoms with E-state index in [9.17, 15) is 19.2 Å². The molecule has 2 aromatic rings. The van der Waals surface area contributed by atoms with Gasteiger partial charge in [-0.2, -0.15) is 0 Å². The summed E-state index contributed by atoms with van der Waals surface area (Å²) >= 11 is 0. The second-order valence-electron chi connectivity index (χ2n) is 9.88. The molecule has 36 heavy (non-hydrogen) atoms. The van der Waals surface area contributed by atoms with Crippen LogP contribution in [-0.2, 0) is 32.9 Å². The number of imide groups is 1. The summed E-state index contributed by atoms with van der Waals surface area (Å²) in [5.41, 5.74) is 2.02. The number of carbonyl (C=O) groups excluding carboxylic acids is 4. The average molecular weight is 487 g/mol. The minimum Gasteiger partial charge on any atom is -0.334 e. The normalized spacial score (nSPS) is 21.2. The van der Waals surface area contributed by atoms with Crippen molar-refractivity contribution in [2.75, 3.05) is 11.9 Å². The maximum Gasteiger partial charge on any atom is 0.325 e. The molecule has 0 aromatic heterocycles. The highest BCUT2D eigenvalue weighted by Gasteiger charge is 2.56. The summed E-state index contributed by atoms with van der Waals surface area (Å²) < 4.78 is 0. The molecule has 0 bridgehead atoms. The van der Waals surface area contributed by atoms with E-state index in [2.05, 4.69) is 17.2 Å². The number of rotatable bonds is 8. The largest absolute Gasteiger partial charge is 0.334 e. The topological polar surface area (TPSA) is 98.8 Å². The number of hydrogen-bond acceptors (Lipinski definition) is 4. The number of aryl methyl sites for hydroxylation is 1. The van der Waals surface area contributed by atoms with E-state index < -0.39 is 17.5 Å². The van der Waals surface area contributed by atoms with E-state index in [0.717, 1.165) is 28.9 Å². The zero-order chi connectivity index (χ0) is 25.4. The molecule has 2 fully saturated rings. The predicted molar refractivity (Wildman–Crippen MR) is 135 cm³/mol. The van der Waals surface area contributed by atoms with Gasteiger partial charge in [-0.25, -0.2) is 4.79 Å². The van der Waals surface area contributed by atoms with Gasteiger partial charge in [0.1, 0.15) is 12.1 Å². The quantitative estimate of drug-likeness (QED) is 0.442. The molecule has 3 aliphatic rings. The van der Waals surface area contributed by atoms with Gasteiger partial charge in [-0.1, -0.05) is 43.0 Å². The van der Waals surface area contributed by atoms with E-state index in [0.29, 0.717) is 36.6 Å². The van der Waals surface area contributed by atoms with Crippen LogP contribution in [0.2, 0.25) is 0 Å². The van der Waals surface area contributed by atoms with Crippen molar-refractivity contribution in [3.63, 3.8) is 0 Å². The van der Waals surface area contributed by atoms with Crippen LogP contribution < -0.4 is 10.6 Å². The lowest BCUT2D eigenvalue weighted by Crippen LogP contribution is -2.47. The SMILES string of the molecule is C=CC(=O)Nc1ccc2c(c1)CCC21NC(=O)N(CC(=O)N(Cc2ccccc2)[C@@H](C)C2CC2)C1=O. The van der Waals surface area contributed by atoms with Crippen LogP contribution in [0.4, 0.5) is 10.5 Å². The molecule has 1 saturated heterocycles. The van der Waals surface area contributed by atoms with Crippen molar-refractivity contribution in [2.45, 2.75) is 50.7 Å². The Bertz CT molecular complexity index is 1240. The van der Waals surface area contributed by atoms with Gasteiger partial charge in [0.25, 0.3) is 5.91 Å². The summed E-state index contributed by atoms with van der Waals surface area (Å²) in [5, 5.41) is 5.60. The molecule has 8 nitrogen and oxygen atoms in total. The van der Waals surface area contributed by atoms with Gasteiger partial charge in [-0.3, -0.25) is 19.3 Å². The minimum atomic E-state index is -1.18. The van der Waals surface area contributed by atoms with E-state index in [1.807, 2.05) is 43.3 Å². The molecule has 2 N–H and O–H groups in total. The molecule has 2 aliphatic carbocycles. The third-order valence-electron chi connectivity index (χ3n) is 7.57. The second-order valence-corrected chi connectivity index (χ2v) is 9.88. The average Bonchev–Trinajstić information content (AvgIpc) is 3.63. The van der Waals surface area contributed by atoms with E-state index in [1.165, 1.54) is 6.08 Å². The maximum atomic E-state index is 13.6. The number of anilines is 1. The van der Waals surface area contributed by atoms with Crippen molar-refractivity contribution in [1.82, 2.24) is 15.1 Å². The summed E-state index contributed by atoms with van der Waals surface area (Å²) in [6.45, 7) is 5.65. The Kier molecular flexibility index (Phi) is 6.12. The van der Waals surface area contributed by atoms with Crippen LogP contribution in [-0.4, -0.2) is 46.1 Å². The van der Waals surface area contributed by atoms with E-state index in [-0.39, 0.29) is 24.4 Å². The van der Waals surface area contributed by atoms with Crippen molar-refractivity contribution in [2.24, 2.45) is 5.92 Å². The number of amides is 5. The zero-order valence-electron chi connectivity index (χ0n) is 20.3. The van der Waals surface area contributed by atoms with Crippen LogP contribution in [0.25, 0.3) is 0 Å². The first-order chi connectivity index (χ1) is 17.3. The first-order valence-corrected chi connectivity index (χ1v) is 12.4. The Morgan fingerprint density at radius 3 is 2.67 bits per heavy atom. The number of fused-ring (bicyclic) bond motifs is 2. The molecular weight excluding hydrogens is 456 g/mol. The molecule has 186 valence electrons. The Balaban J connectivity index is 1.35. The second kappa shape index (κ2) is 9.26. The van der Waals surface area contributed by atoms with Gasteiger partial charge < -0.3 is 15.5 Å². The molecule has 1 unspecified atom stereocenters. The van der Waals surface area contributed by atoms with Crippen LogP contribution in [0.1, 0.15) is 42.9 Å². The Labute approximate surface area is 210 Å². The number of carbonyl (C=O) groups is 4. The third-order valence-corrected chi connectivity index (χ3v) is 7.57. The molecule has 1 heterocycles. The van der Waals surface area contributed by atoms with Crippen LogP contribution in [0.5, 0.6) is 0 Å². The minimum absolute atomic E-state index is 0.0313. The molecule has 1 saturated carbocycles. The van der Waals surface area contributed by atoms with Crippen LogP contribution in [0.15, 0.2) is 61.2 Å².